The van der Waals surface area contributed by atoms with Crippen molar-refractivity contribution in [2.24, 2.45) is 0 Å². The van der Waals surface area contributed by atoms with Crippen molar-refractivity contribution in [1.29, 1.82) is 0 Å². The summed E-state index contributed by atoms with van der Waals surface area (Å²) in [6, 6.07) is 9.75. The molecule has 0 spiro atoms. The highest BCUT2D eigenvalue weighted by atomic mass is 16.4. The van der Waals surface area contributed by atoms with Crippen LogP contribution in [-0.4, -0.2) is 22.1 Å². The molecule has 0 saturated carbocycles. The molecule has 0 fully saturated rings. The van der Waals surface area contributed by atoms with Crippen LogP contribution in [-0.2, 0) is 6.54 Å². The minimum Gasteiger partial charge on any atom is -0.503 e. The lowest BCUT2D eigenvalue weighted by molar-refractivity contribution is 0.0948. The van der Waals surface area contributed by atoms with E-state index in [0.29, 0.717) is 23.2 Å². The second kappa shape index (κ2) is 6.64. The van der Waals surface area contributed by atoms with Crippen LogP contribution in [0.5, 0.6) is 5.75 Å². The van der Waals surface area contributed by atoms with Crippen LogP contribution in [0, 0.1) is 6.92 Å². The zero-order valence-corrected chi connectivity index (χ0v) is 13.5. The van der Waals surface area contributed by atoms with Gasteiger partial charge in [0.1, 0.15) is 11.1 Å². The number of para-hydroxylation sites is 1. The number of hydrogen-bond donors (Lipinski definition) is 2. The van der Waals surface area contributed by atoms with Gasteiger partial charge in [-0.05, 0) is 19.1 Å². The Morgan fingerprint density at radius 2 is 2.00 bits per heavy atom. The van der Waals surface area contributed by atoms with Crippen LogP contribution < -0.4 is 16.4 Å². The number of carbonyl (C=O) groups excluding carboxylic acids is 1. The lowest BCUT2D eigenvalue weighted by Crippen LogP contribution is -2.31. The lowest BCUT2D eigenvalue weighted by Gasteiger charge is -2.11. The number of hydrogen-bond acceptors (Lipinski definition) is 5. The molecule has 0 aliphatic carbocycles. The van der Waals surface area contributed by atoms with Gasteiger partial charge < -0.3 is 19.4 Å². The van der Waals surface area contributed by atoms with Gasteiger partial charge in [0.2, 0.25) is 5.43 Å². The molecule has 2 aromatic heterocycles. The summed E-state index contributed by atoms with van der Waals surface area (Å²) in [5.41, 5.74) is -0.149. The second-order valence-corrected chi connectivity index (χ2v) is 5.60. The molecule has 7 nitrogen and oxygen atoms in total. The van der Waals surface area contributed by atoms with Gasteiger partial charge in [0.15, 0.2) is 5.75 Å². The van der Waals surface area contributed by atoms with E-state index in [-0.39, 0.29) is 17.9 Å². The van der Waals surface area contributed by atoms with Crippen LogP contribution in [0.4, 0.5) is 0 Å². The van der Waals surface area contributed by atoms with E-state index in [1.54, 1.807) is 35.8 Å². The highest BCUT2D eigenvalue weighted by Crippen LogP contribution is 2.12. The third kappa shape index (κ3) is 3.45. The molecule has 0 bridgehead atoms. The predicted molar refractivity (Wildman–Crippen MR) is 91.9 cm³/mol. The van der Waals surface area contributed by atoms with Crippen LogP contribution in [0.3, 0.4) is 0 Å². The average Bonchev–Trinajstić information content (AvgIpc) is 2.58. The minimum absolute atomic E-state index is 0.0711. The number of aromatic nitrogens is 1. The maximum atomic E-state index is 12.2. The zero-order chi connectivity index (χ0) is 18.0. The highest BCUT2D eigenvalue weighted by molar-refractivity contribution is 5.96. The number of rotatable bonds is 4. The summed E-state index contributed by atoms with van der Waals surface area (Å²) in [4.78, 5) is 35.5. The van der Waals surface area contributed by atoms with E-state index in [1.807, 2.05) is 0 Å². The molecule has 0 atom stereocenters. The Labute approximate surface area is 142 Å². The number of carbonyl (C=O) groups is 1. The van der Waals surface area contributed by atoms with Crippen LogP contribution in [0.15, 0.2) is 56.6 Å². The first-order valence-electron chi connectivity index (χ1n) is 7.67. The van der Waals surface area contributed by atoms with Crippen molar-refractivity contribution in [3.8, 4) is 5.75 Å². The highest BCUT2D eigenvalue weighted by Gasteiger charge is 2.13. The summed E-state index contributed by atoms with van der Waals surface area (Å²) in [6.07, 6.45) is 1.31. The molecule has 3 aromatic rings. The van der Waals surface area contributed by atoms with Gasteiger partial charge in [-0.25, -0.2) is 4.79 Å². The van der Waals surface area contributed by atoms with Gasteiger partial charge in [-0.2, -0.15) is 0 Å². The normalized spacial score (nSPS) is 10.8. The number of pyridine rings is 1. The fourth-order valence-electron chi connectivity index (χ4n) is 2.51. The third-order valence-corrected chi connectivity index (χ3v) is 3.85. The molecule has 1 amide bonds. The molecule has 7 heteroatoms. The molecule has 3 rings (SSSR count). The zero-order valence-electron chi connectivity index (χ0n) is 13.5. The second-order valence-electron chi connectivity index (χ2n) is 5.60. The number of nitrogens with zero attached hydrogens (tertiary/aromatic N) is 1. The Morgan fingerprint density at radius 3 is 2.80 bits per heavy atom. The molecule has 2 N–H and O–H groups in total. The largest absolute Gasteiger partial charge is 0.503 e. The van der Waals surface area contributed by atoms with Crippen LogP contribution in [0.2, 0.25) is 0 Å². The van der Waals surface area contributed by atoms with E-state index in [1.165, 1.54) is 18.3 Å². The Balaban J connectivity index is 1.73. The smallest absolute Gasteiger partial charge is 0.349 e. The van der Waals surface area contributed by atoms with E-state index in [0.717, 1.165) is 0 Å². The fourth-order valence-corrected chi connectivity index (χ4v) is 2.51. The molecule has 1 aromatic carbocycles. The van der Waals surface area contributed by atoms with Crippen molar-refractivity contribution >= 4 is 16.9 Å². The number of fused-ring (bicyclic) bond motifs is 1. The van der Waals surface area contributed by atoms with Crippen LogP contribution in [0.1, 0.15) is 16.1 Å². The summed E-state index contributed by atoms with van der Waals surface area (Å²) in [5, 5.41) is 12.8. The van der Waals surface area contributed by atoms with Crippen LogP contribution >= 0.6 is 0 Å². The molecule has 2 heterocycles. The van der Waals surface area contributed by atoms with E-state index < -0.39 is 17.0 Å². The quantitative estimate of drug-likeness (QED) is 0.699. The number of nitrogens with one attached hydrogen (secondary N) is 1. The lowest BCUT2D eigenvalue weighted by atomic mass is 10.2. The van der Waals surface area contributed by atoms with Crippen molar-refractivity contribution in [2.75, 3.05) is 6.54 Å². The first-order valence-corrected chi connectivity index (χ1v) is 7.67. The molecule has 25 heavy (non-hydrogen) atoms. The molecule has 128 valence electrons. The van der Waals surface area contributed by atoms with Gasteiger partial charge in [-0.1, -0.05) is 18.2 Å². The van der Waals surface area contributed by atoms with Gasteiger partial charge in [-0.15, -0.1) is 0 Å². The van der Waals surface area contributed by atoms with Crippen molar-refractivity contribution in [3.05, 3.63) is 74.5 Å². The van der Waals surface area contributed by atoms with E-state index in [4.69, 9.17) is 4.42 Å². The Morgan fingerprint density at radius 1 is 1.24 bits per heavy atom. The van der Waals surface area contributed by atoms with Crippen molar-refractivity contribution < 1.29 is 14.3 Å². The molecule has 0 aliphatic rings. The predicted octanol–water partition coefficient (Wildman–Crippen LogP) is 1.40. The Kier molecular flexibility index (Phi) is 4.38. The maximum Gasteiger partial charge on any atom is 0.349 e. The standard InChI is InChI=1S/C18H16N2O5/c1-11-8-14(21)15(22)10-20(11)7-6-19-17(23)13-9-12-4-2-3-5-16(12)25-18(13)24/h2-5,8-10,22H,6-7H2,1H3,(H,19,23). The summed E-state index contributed by atoms with van der Waals surface area (Å²) in [7, 11) is 0. The average molecular weight is 340 g/mol. The summed E-state index contributed by atoms with van der Waals surface area (Å²) < 4.78 is 6.78. The third-order valence-electron chi connectivity index (χ3n) is 3.85. The molecule has 0 saturated heterocycles. The first kappa shape index (κ1) is 16.5. The topological polar surface area (TPSA) is 102 Å². The van der Waals surface area contributed by atoms with Gasteiger partial charge in [0.05, 0.1) is 6.20 Å². The Hall–Kier alpha value is -3.35. The molecular weight excluding hydrogens is 324 g/mol. The van der Waals surface area contributed by atoms with Crippen LogP contribution in [0.25, 0.3) is 11.0 Å². The number of aryl methyl sites for hydroxylation is 1. The van der Waals surface area contributed by atoms with Gasteiger partial charge in [0.25, 0.3) is 5.91 Å². The first-order chi connectivity index (χ1) is 12.0. The van der Waals surface area contributed by atoms with Gasteiger partial charge >= 0.3 is 5.63 Å². The van der Waals surface area contributed by atoms with E-state index in [9.17, 15) is 19.5 Å². The Bertz CT molecular complexity index is 1060. The van der Waals surface area contributed by atoms with Crippen molar-refractivity contribution in [3.63, 3.8) is 0 Å². The summed E-state index contributed by atoms with van der Waals surface area (Å²) in [5.74, 6) is -0.894. The number of aromatic hydroxyl groups is 1. The van der Waals surface area contributed by atoms with Crippen molar-refractivity contribution in [1.82, 2.24) is 9.88 Å². The van der Waals surface area contributed by atoms with E-state index >= 15 is 0 Å². The monoisotopic (exact) mass is 340 g/mol. The SMILES string of the molecule is Cc1cc(=O)c(O)cn1CCNC(=O)c1cc2ccccc2oc1=O. The van der Waals surface area contributed by atoms with E-state index in [2.05, 4.69) is 5.32 Å². The maximum absolute atomic E-state index is 12.2. The van der Waals surface area contributed by atoms with Gasteiger partial charge in [0, 0.05) is 30.2 Å². The van der Waals surface area contributed by atoms with Crippen molar-refractivity contribution in [2.45, 2.75) is 13.5 Å². The minimum atomic E-state index is -0.701. The number of amides is 1. The molecule has 0 aliphatic heterocycles. The summed E-state index contributed by atoms with van der Waals surface area (Å²) >= 11 is 0. The molecular formula is C18H16N2O5. The molecule has 0 radical (unpaired) electrons. The number of benzene rings is 1. The fraction of sp³-hybridized carbons (Fsp3) is 0.167. The summed E-state index contributed by atoms with van der Waals surface area (Å²) in [6.45, 7) is 2.28. The molecule has 0 unspecified atom stereocenters. The van der Waals surface area contributed by atoms with Gasteiger partial charge in [-0.3, -0.25) is 9.59 Å².